The molecule has 8 aliphatic rings. The normalized spacial score (nSPS) is 60.4. The molecule has 0 spiro atoms. The Balaban J connectivity index is 1.18. The van der Waals surface area contributed by atoms with Gasteiger partial charge in [0.25, 0.3) is 0 Å². The summed E-state index contributed by atoms with van der Waals surface area (Å²) >= 11 is 0. The molecule has 0 radical (unpaired) electrons. The van der Waals surface area contributed by atoms with Crippen LogP contribution in [0.25, 0.3) is 0 Å². The molecule has 1 unspecified atom stereocenters. The zero-order valence-corrected chi connectivity index (χ0v) is 14.9. The molecule has 0 saturated heterocycles. The molecule has 0 heterocycles. The van der Waals surface area contributed by atoms with Crippen LogP contribution in [-0.2, 0) is 0 Å². The molecule has 8 aliphatic carbocycles. The molecule has 1 N–H and O–H groups in total. The highest BCUT2D eigenvalue weighted by Gasteiger charge is 2.52. The van der Waals surface area contributed by atoms with E-state index >= 15 is 0 Å². The van der Waals surface area contributed by atoms with Gasteiger partial charge >= 0.3 is 0 Å². The largest absolute Gasteiger partial charge is 0.311 e. The van der Waals surface area contributed by atoms with Crippen molar-refractivity contribution in [2.75, 3.05) is 0 Å². The summed E-state index contributed by atoms with van der Waals surface area (Å²) in [5, 5.41) is 4.29. The fourth-order valence-corrected chi connectivity index (χ4v) is 9.40. The summed E-state index contributed by atoms with van der Waals surface area (Å²) in [4.78, 5) is 0. The van der Waals surface area contributed by atoms with Gasteiger partial charge in [0, 0.05) is 12.1 Å². The van der Waals surface area contributed by atoms with Crippen LogP contribution in [0.15, 0.2) is 0 Å². The SMILES string of the molecule is CC(NC1C2CC3CC(C2)CC1C3)C1C2CC3CC(C2)CC1C3. The van der Waals surface area contributed by atoms with Crippen molar-refractivity contribution in [1.82, 2.24) is 5.32 Å². The highest BCUT2D eigenvalue weighted by atomic mass is 15.0. The van der Waals surface area contributed by atoms with Gasteiger partial charge in [0.2, 0.25) is 0 Å². The second kappa shape index (κ2) is 4.99. The van der Waals surface area contributed by atoms with Crippen LogP contribution in [0.4, 0.5) is 0 Å². The first-order valence-electron chi connectivity index (χ1n) is 11.0. The number of nitrogens with one attached hydrogen (secondary N) is 1. The quantitative estimate of drug-likeness (QED) is 0.784. The van der Waals surface area contributed by atoms with Crippen molar-refractivity contribution in [2.24, 2.45) is 53.3 Å². The molecular weight excluding hydrogens is 278 g/mol. The van der Waals surface area contributed by atoms with Crippen molar-refractivity contribution in [3.8, 4) is 0 Å². The Morgan fingerprint density at radius 2 is 0.957 bits per heavy atom. The van der Waals surface area contributed by atoms with E-state index in [0.29, 0.717) is 0 Å². The average molecular weight is 314 g/mol. The van der Waals surface area contributed by atoms with E-state index in [1.807, 2.05) is 0 Å². The summed E-state index contributed by atoms with van der Waals surface area (Å²) in [7, 11) is 0. The summed E-state index contributed by atoms with van der Waals surface area (Å²) in [5.41, 5.74) is 0. The predicted octanol–water partition coefficient (Wildman–Crippen LogP) is 4.86. The third-order valence-electron chi connectivity index (χ3n) is 9.56. The lowest BCUT2D eigenvalue weighted by atomic mass is 9.50. The van der Waals surface area contributed by atoms with Gasteiger partial charge in [0.15, 0.2) is 0 Å². The van der Waals surface area contributed by atoms with Crippen LogP contribution >= 0.6 is 0 Å². The summed E-state index contributed by atoms with van der Waals surface area (Å²) < 4.78 is 0. The van der Waals surface area contributed by atoms with Gasteiger partial charge in [-0.15, -0.1) is 0 Å². The maximum atomic E-state index is 4.29. The Labute approximate surface area is 142 Å². The van der Waals surface area contributed by atoms with Crippen LogP contribution in [0.3, 0.4) is 0 Å². The summed E-state index contributed by atoms with van der Waals surface area (Å²) in [6.07, 6.45) is 15.8. The standard InChI is InChI=1S/C22H35N/c1-12(21-17-4-13-2-14(6-17)7-18(21)5-13)23-22-19-8-15-3-16(10-19)11-20(22)9-15/h12-23H,2-11H2,1H3. The molecule has 8 bridgehead atoms. The molecule has 1 atom stereocenters. The van der Waals surface area contributed by atoms with E-state index in [1.54, 1.807) is 64.2 Å². The minimum atomic E-state index is 0.799. The van der Waals surface area contributed by atoms with E-state index in [2.05, 4.69) is 12.2 Å². The molecule has 0 aromatic rings. The zero-order chi connectivity index (χ0) is 15.1. The minimum Gasteiger partial charge on any atom is -0.311 e. The molecule has 23 heavy (non-hydrogen) atoms. The van der Waals surface area contributed by atoms with E-state index in [0.717, 1.165) is 65.3 Å². The van der Waals surface area contributed by atoms with Gasteiger partial charge in [0.1, 0.15) is 0 Å². The van der Waals surface area contributed by atoms with Crippen molar-refractivity contribution in [1.29, 1.82) is 0 Å². The molecule has 0 aliphatic heterocycles. The molecule has 8 rings (SSSR count). The van der Waals surface area contributed by atoms with Crippen molar-refractivity contribution < 1.29 is 0 Å². The van der Waals surface area contributed by atoms with Gasteiger partial charge in [-0.2, -0.15) is 0 Å². The Morgan fingerprint density at radius 3 is 1.39 bits per heavy atom. The van der Waals surface area contributed by atoms with Crippen LogP contribution in [0.2, 0.25) is 0 Å². The lowest BCUT2D eigenvalue weighted by Gasteiger charge is -2.58. The van der Waals surface area contributed by atoms with Gasteiger partial charge in [-0.1, -0.05) is 0 Å². The minimum absolute atomic E-state index is 0.799. The second-order valence-electron chi connectivity index (χ2n) is 10.9. The van der Waals surface area contributed by atoms with E-state index in [4.69, 9.17) is 0 Å². The van der Waals surface area contributed by atoms with Crippen LogP contribution in [0.5, 0.6) is 0 Å². The average Bonchev–Trinajstić information content (AvgIpc) is 2.49. The fourth-order valence-electron chi connectivity index (χ4n) is 9.40. The van der Waals surface area contributed by atoms with Gasteiger partial charge in [-0.3, -0.25) is 0 Å². The topological polar surface area (TPSA) is 12.0 Å². The summed E-state index contributed by atoms with van der Waals surface area (Å²) in [6, 6.07) is 1.70. The lowest BCUT2D eigenvalue weighted by molar-refractivity contribution is -0.0645. The monoisotopic (exact) mass is 313 g/mol. The van der Waals surface area contributed by atoms with Gasteiger partial charge in [0.05, 0.1) is 0 Å². The summed E-state index contributed by atoms with van der Waals surface area (Å²) in [6.45, 7) is 2.58. The zero-order valence-electron chi connectivity index (χ0n) is 14.9. The molecule has 1 nitrogen and oxygen atoms in total. The molecule has 8 fully saturated rings. The molecule has 0 aromatic carbocycles. The highest BCUT2D eigenvalue weighted by Crippen LogP contribution is 2.58. The number of rotatable bonds is 3. The highest BCUT2D eigenvalue weighted by molar-refractivity contribution is 5.05. The van der Waals surface area contributed by atoms with Crippen molar-refractivity contribution >= 4 is 0 Å². The molecular formula is C22H35N. The van der Waals surface area contributed by atoms with Crippen LogP contribution in [0, 0.1) is 53.3 Å². The molecule has 8 saturated carbocycles. The van der Waals surface area contributed by atoms with E-state index in [-0.39, 0.29) is 0 Å². The molecule has 128 valence electrons. The fraction of sp³-hybridized carbons (Fsp3) is 1.00. The Kier molecular flexibility index (Phi) is 3.07. The van der Waals surface area contributed by atoms with E-state index in [1.165, 1.54) is 0 Å². The smallest absolute Gasteiger partial charge is 0.0127 e. The van der Waals surface area contributed by atoms with Crippen molar-refractivity contribution in [3.63, 3.8) is 0 Å². The Morgan fingerprint density at radius 1 is 0.565 bits per heavy atom. The predicted molar refractivity (Wildman–Crippen MR) is 94.0 cm³/mol. The van der Waals surface area contributed by atoms with Gasteiger partial charge in [-0.25, -0.2) is 0 Å². The van der Waals surface area contributed by atoms with Crippen molar-refractivity contribution in [2.45, 2.75) is 83.2 Å². The third-order valence-corrected chi connectivity index (χ3v) is 9.56. The Hall–Kier alpha value is -0.0400. The van der Waals surface area contributed by atoms with Gasteiger partial charge in [-0.05, 0) is 124 Å². The molecule has 0 aromatic heterocycles. The molecule has 1 heteroatoms. The first kappa shape index (κ1) is 14.2. The van der Waals surface area contributed by atoms with Crippen molar-refractivity contribution in [3.05, 3.63) is 0 Å². The number of hydrogen-bond acceptors (Lipinski definition) is 1. The second-order valence-corrected chi connectivity index (χ2v) is 10.9. The third kappa shape index (κ3) is 2.14. The molecule has 0 amide bonds. The maximum absolute atomic E-state index is 4.29. The first-order valence-corrected chi connectivity index (χ1v) is 11.0. The number of hydrogen-bond donors (Lipinski definition) is 1. The Bertz CT molecular complexity index is 426. The van der Waals surface area contributed by atoms with Crippen LogP contribution < -0.4 is 5.32 Å². The van der Waals surface area contributed by atoms with Gasteiger partial charge < -0.3 is 5.32 Å². The summed E-state index contributed by atoms with van der Waals surface area (Å²) in [5.74, 6) is 9.79. The lowest BCUT2D eigenvalue weighted by Crippen LogP contribution is -2.60. The van der Waals surface area contributed by atoms with E-state index in [9.17, 15) is 0 Å². The maximum Gasteiger partial charge on any atom is 0.0127 e. The van der Waals surface area contributed by atoms with Crippen LogP contribution in [0.1, 0.15) is 71.1 Å². The van der Waals surface area contributed by atoms with E-state index < -0.39 is 0 Å². The first-order chi connectivity index (χ1) is 11.2. The van der Waals surface area contributed by atoms with Crippen LogP contribution in [-0.4, -0.2) is 12.1 Å².